The van der Waals surface area contributed by atoms with Crippen LogP contribution in [0.25, 0.3) is 100 Å². The number of rotatable bonds is 9. The fraction of sp³-hybridized carbons (Fsp3) is 0. The molecule has 13 rings (SSSR count). The highest BCUT2D eigenvalue weighted by atomic mass is 35.5. The van der Waals surface area contributed by atoms with Crippen LogP contribution < -0.4 is 5.46 Å². The summed E-state index contributed by atoms with van der Waals surface area (Å²) in [5.74, 6) is 0. The summed E-state index contributed by atoms with van der Waals surface area (Å²) >= 11 is 12.1. The molecule has 0 atom stereocenters. The minimum Gasteiger partial charge on any atom is -0.423 e. The quantitative estimate of drug-likeness (QED) is 0.136. The number of nitriles is 2. The van der Waals surface area contributed by atoms with E-state index < -0.39 is 7.12 Å². The van der Waals surface area contributed by atoms with E-state index in [2.05, 4.69) is 156 Å². The maximum Gasteiger partial charge on any atom is 0.488 e. The molecule has 11 aromatic carbocycles. The first-order chi connectivity index (χ1) is 39.7. The summed E-state index contributed by atoms with van der Waals surface area (Å²) in [6.07, 6.45) is 0. The molecule has 0 aliphatic carbocycles. The Bertz CT molecular complexity index is 4240. The molecule has 0 saturated heterocycles. The second-order valence-corrected chi connectivity index (χ2v) is 19.6. The molecular formula is C68H45BCl2N8O2. The third-order valence-electron chi connectivity index (χ3n) is 13.5. The molecule has 0 spiro atoms. The summed E-state index contributed by atoms with van der Waals surface area (Å²) in [7, 11) is -1.34. The SMILES string of the molecule is N#Cc1ccc(-c2ccc(-c3ccc(-n4nc5cc(-c6ccccc6)c(-c6ccccc6)cc5n4)cc3)cc2)cc1.N#Cc1ccc(-c2ccc(-c3ccc(-n4nc5cc(Cl)c(Cl)cc5n4)cc3)cc2)cc1.OB(O)c1ccccc1. The van der Waals surface area contributed by atoms with Crippen LogP contribution in [0.2, 0.25) is 10.0 Å². The molecule has 0 unspecified atom stereocenters. The van der Waals surface area contributed by atoms with Crippen LogP contribution in [-0.2, 0) is 0 Å². The first-order valence-electron chi connectivity index (χ1n) is 25.7. The molecule has 81 heavy (non-hydrogen) atoms. The molecular weight excluding hydrogens is 1040 g/mol. The van der Waals surface area contributed by atoms with Gasteiger partial charge < -0.3 is 10.0 Å². The van der Waals surface area contributed by atoms with Gasteiger partial charge in [0.05, 0.1) is 44.7 Å². The van der Waals surface area contributed by atoms with E-state index in [0.717, 1.165) is 89.2 Å². The van der Waals surface area contributed by atoms with Gasteiger partial charge in [0.25, 0.3) is 0 Å². The smallest absolute Gasteiger partial charge is 0.423 e. The topological polar surface area (TPSA) is 149 Å². The summed E-state index contributed by atoms with van der Waals surface area (Å²) in [6.45, 7) is 0. The Kier molecular flexibility index (Phi) is 15.8. The molecule has 0 amide bonds. The molecule has 0 saturated carbocycles. The van der Waals surface area contributed by atoms with Crippen LogP contribution in [0, 0.1) is 22.7 Å². The zero-order valence-electron chi connectivity index (χ0n) is 43.1. The van der Waals surface area contributed by atoms with E-state index in [1.807, 2.05) is 91.0 Å². The minimum absolute atomic E-state index is 0.459. The predicted octanol–water partition coefficient (Wildman–Crippen LogP) is 15.3. The van der Waals surface area contributed by atoms with Gasteiger partial charge in [0, 0.05) is 0 Å². The van der Waals surface area contributed by atoms with Crippen LogP contribution in [0.5, 0.6) is 0 Å². The highest BCUT2D eigenvalue weighted by molar-refractivity contribution is 6.58. The number of hydrogen-bond acceptors (Lipinski definition) is 8. The van der Waals surface area contributed by atoms with Gasteiger partial charge in [-0.05, 0) is 145 Å². The highest BCUT2D eigenvalue weighted by Gasteiger charge is 2.15. The molecule has 386 valence electrons. The van der Waals surface area contributed by atoms with Crippen molar-refractivity contribution in [3.63, 3.8) is 0 Å². The van der Waals surface area contributed by atoms with E-state index in [1.165, 1.54) is 0 Å². The molecule has 13 heteroatoms. The first kappa shape index (κ1) is 52.8. The van der Waals surface area contributed by atoms with Crippen LogP contribution >= 0.6 is 23.2 Å². The van der Waals surface area contributed by atoms with E-state index in [9.17, 15) is 0 Å². The van der Waals surface area contributed by atoms with Gasteiger partial charge in [-0.1, -0.05) is 211 Å². The molecule has 2 N–H and O–H groups in total. The van der Waals surface area contributed by atoms with E-state index in [0.29, 0.717) is 37.7 Å². The fourth-order valence-electron chi connectivity index (χ4n) is 9.20. The average molecular weight is 1090 g/mol. The Balaban J connectivity index is 0.000000152. The number of hydrogen-bond donors (Lipinski definition) is 2. The van der Waals surface area contributed by atoms with Gasteiger partial charge >= 0.3 is 7.12 Å². The number of halogens is 2. The summed E-state index contributed by atoms with van der Waals surface area (Å²) in [5, 5.41) is 54.7. The lowest BCUT2D eigenvalue weighted by Crippen LogP contribution is -2.29. The molecule has 0 bridgehead atoms. The van der Waals surface area contributed by atoms with Crippen LogP contribution in [0.4, 0.5) is 0 Å². The molecule has 13 aromatic rings. The fourth-order valence-corrected chi connectivity index (χ4v) is 9.52. The Morgan fingerprint density at radius 1 is 0.321 bits per heavy atom. The monoisotopic (exact) mass is 1090 g/mol. The van der Waals surface area contributed by atoms with Crippen LogP contribution in [-0.4, -0.2) is 47.2 Å². The van der Waals surface area contributed by atoms with Crippen molar-refractivity contribution in [2.75, 3.05) is 0 Å². The van der Waals surface area contributed by atoms with E-state index in [4.69, 9.17) is 54.0 Å². The van der Waals surface area contributed by atoms with E-state index in [-0.39, 0.29) is 0 Å². The molecule has 0 fully saturated rings. The lowest BCUT2D eigenvalue weighted by molar-refractivity contribution is 0.426. The largest absolute Gasteiger partial charge is 0.488 e. The van der Waals surface area contributed by atoms with Crippen molar-refractivity contribution in [2.24, 2.45) is 0 Å². The Morgan fingerprint density at radius 3 is 0.852 bits per heavy atom. The zero-order valence-corrected chi connectivity index (χ0v) is 44.6. The molecule has 0 radical (unpaired) electrons. The minimum atomic E-state index is -1.34. The summed E-state index contributed by atoms with van der Waals surface area (Å²) < 4.78 is 0. The van der Waals surface area contributed by atoms with Gasteiger partial charge in [-0.15, -0.1) is 20.4 Å². The predicted molar refractivity (Wildman–Crippen MR) is 326 cm³/mol. The van der Waals surface area contributed by atoms with Crippen LogP contribution in [0.1, 0.15) is 11.1 Å². The van der Waals surface area contributed by atoms with Crippen molar-refractivity contribution in [1.82, 2.24) is 30.0 Å². The van der Waals surface area contributed by atoms with Gasteiger partial charge in [-0.25, -0.2) is 0 Å². The number of aromatic nitrogens is 6. The number of nitrogens with zero attached hydrogens (tertiary/aromatic N) is 8. The zero-order chi connectivity index (χ0) is 55.7. The molecule has 0 aliphatic rings. The normalized spacial score (nSPS) is 10.7. The van der Waals surface area contributed by atoms with Crippen molar-refractivity contribution in [3.8, 4) is 90.3 Å². The third kappa shape index (κ3) is 12.2. The van der Waals surface area contributed by atoms with Crippen molar-refractivity contribution in [1.29, 1.82) is 10.5 Å². The third-order valence-corrected chi connectivity index (χ3v) is 14.3. The summed E-state index contributed by atoms with van der Waals surface area (Å²) in [5.41, 5.74) is 20.1. The van der Waals surface area contributed by atoms with Crippen molar-refractivity contribution < 1.29 is 10.0 Å². The first-order valence-corrected chi connectivity index (χ1v) is 26.5. The Hall–Kier alpha value is -10.2. The van der Waals surface area contributed by atoms with Gasteiger partial charge in [0.1, 0.15) is 22.1 Å². The molecule has 10 nitrogen and oxygen atoms in total. The van der Waals surface area contributed by atoms with Gasteiger partial charge in [0.15, 0.2) is 0 Å². The number of benzene rings is 11. The average Bonchev–Trinajstić information content (AvgIpc) is 4.35. The van der Waals surface area contributed by atoms with Crippen molar-refractivity contribution >= 4 is 57.8 Å². The standard InChI is InChI=1S/C37H24N4.C25H14Cl2N4.C6H7BO2/c38-25-26-11-13-27(14-12-26)28-15-17-29(18-16-28)30-19-21-33(22-20-30)41-39-36-23-34(31-7-3-1-4-8-31)35(24-37(36)40-41)32-9-5-2-6-10-32;26-22-13-24-25(14-23(22)27)30-31(29-24)21-11-9-20(10-12-21)19-7-5-18(6-8-19)17-3-1-16(15-28)2-4-17;8-7(9)6-4-2-1-3-5-6/h1-24H;1-14H;1-5,8-9H. The maximum absolute atomic E-state index is 9.04. The highest BCUT2D eigenvalue weighted by Crippen LogP contribution is 2.36. The van der Waals surface area contributed by atoms with Gasteiger partial charge in [-0.2, -0.15) is 20.1 Å². The van der Waals surface area contributed by atoms with Gasteiger partial charge in [0.2, 0.25) is 0 Å². The van der Waals surface area contributed by atoms with E-state index in [1.54, 1.807) is 46.0 Å². The van der Waals surface area contributed by atoms with Crippen molar-refractivity contribution in [2.45, 2.75) is 0 Å². The van der Waals surface area contributed by atoms with E-state index >= 15 is 0 Å². The Morgan fingerprint density at radius 2 is 0.580 bits per heavy atom. The van der Waals surface area contributed by atoms with Crippen molar-refractivity contribution in [3.05, 3.63) is 282 Å². The molecule has 2 aromatic heterocycles. The second-order valence-electron chi connectivity index (χ2n) is 18.8. The lowest BCUT2D eigenvalue weighted by Gasteiger charge is -2.10. The van der Waals surface area contributed by atoms with Gasteiger partial charge in [-0.3, -0.25) is 0 Å². The van der Waals surface area contributed by atoms with Crippen LogP contribution in [0.15, 0.2) is 261 Å². The van der Waals surface area contributed by atoms with Crippen LogP contribution in [0.3, 0.4) is 0 Å². The second kappa shape index (κ2) is 24.2. The summed E-state index contributed by atoms with van der Waals surface area (Å²) in [4.78, 5) is 3.29. The lowest BCUT2D eigenvalue weighted by atomic mass is 9.81. The number of fused-ring (bicyclic) bond motifs is 2. The molecule has 0 aliphatic heterocycles. The Labute approximate surface area is 478 Å². The molecule has 2 heterocycles. The maximum atomic E-state index is 9.04. The summed E-state index contributed by atoms with van der Waals surface area (Å²) in [6, 6.07) is 89.9.